The molecular formula is C41H25N3S. The molecule has 0 unspecified atom stereocenters. The SMILES string of the molecule is [2H]c1c([2H])c([2H])c(-c2cccc3c2sc2cc(-c4nc(-c5ccccc5)nc(-c5ccc6c(ccc7ccccc76)c5)n4)ccc23)c([2H])c1[2H]. The smallest absolute Gasteiger partial charge is 0.164 e. The summed E-state index contributed by atoms with van der Waals surface area (Å²) in [5.74, 6) is 1.69. The van der Waals surface area contributed by atoms with Crippen molar-refractivity contribution in [1.29, 1.82) is 0 Å². The molecule has 45 heavy (non-hydrogen) atoms. The Morgan fingerprint density at radius 3 is 1.91 bits per heavy atom. The number of thiophene rings is 1. The number of hydrogen-bond donors (Lipinski definition) is 0. The first kappa shape index (κ1) is 21.1. The van der Waals surface area contributed by atoms with Crippen molar-refractivity contribution in [2.75, 3.05) is 0 Å². The van der Waals surface area contributed by atoms with Crippen molar-refractivity contribution in [3.05, 3.63) is 152 Å². The lowest BCUT2D eigenvalue weighted by Gasteiger charge is -2.10. The molecule has 7 aromatic carbocycles. The summed E-state index contributed by atoms with van der Waals surface area (Å²) in [4.78, 5) is 14.9. The van der Waals surface area contributed by atoms with Gasteiger partial charge in [-0.1, -0.05) is 139 Å². The van der Waals surface area contributed by atoms with Gasteiger partial charge in [0.1, 0.15) is 0 Å². The zero-order valence-corrected chi connectivity index (χ0v) is 24.6. The second-order valence-electron chi connectivity index (χ2n) is 10.9. The van der Waals surface area contributed by atoms with Gasteiger partial charge in [0.25, 0.3) is 0 Å². The van der Waals surface area contributed by atoms with Gasteiger partial charge in [0, 0.05) is 36.9 Å². The molecule has 0 fully saturated rings. The molecule has 0 aliphatic heterocycles. The van der Waals surface area contributed by atoms with Crippen LogP contribution in [0.25, 0.3) is 87.0 Å². The molecule has 3 nitrogen and oxygen atoms in total. The minimum atomic E-state index is -0.402. The van der Waals surface area contributed by atoms with Crippen LogP contribution in [0.4, 0.5) is 0 Å². The summed E-state index contributed by atoms with van der Waals surface area (Å²) in [6.45, 7) is 0. The van der Waals surface area contributed by atoms with E-state index in [9.17, 15) is 0 Å². The molecule has 0 aliphatic rings. The number of benzene rings is 7. The zero-order chi connectivity index (χ0) is 34.1. The summed E-state index contributed by atoms with van der Waals surface area (Å²) in [5.41, 5.74) is 3.41. The Labute approximate surface area is 271 Å². The summed E-state index contributed by atoms with van der Waals surface area (Å²) < 4.78 is 43.5. The highest BCUT2D eigenvalue weighted by molar-refractivity contribution is 7.26. The van der Waals surface area contributed by atoms with Crippen molar-refractivity contribution in [1.82, 2.24) is 15.0 Å². The first-order valence-corrected chi connectivity index (χ1v) is 15.4. The molecule has 0 aliphatic carbocycles. The molecule has 0 spiro atoms. The molecule has 0 saturated heterocycles. The summed E-state index contributed by atoms with van der Waals surface area (Å²) >= 11 is 1.52. The Hall–Kier alpha value is -5.71. The maximum atomic E-state index is 8.60. The van der Waals surface area contributed by atoms with Crippen molar-refractivity contribution in [2.45, 2.75) is 0 Å². The number of nitrogens with zero attached hydrogens (tertiary/aromatic N) is 3. The molecule has 9 rings (SSSR count). The Morgan fingerprint density at radius 1 is 0.444 bits per heavy atom. The maximum absolute atomic E-state index is 8.60. The van der Waals surface area contributed by atoms with Gasteiger partial charge < -0.3 is 0 Å². The van der Waals surface area contributed by atoms with Gasteiger partial charge in [-0.15, -0.1) is 11.3 Å². The summed E-state index contributed by atoms with van der Waals surface area (Å²) in [5, 5.41) is 6.62. The van der Waals surface area contributed by atoms with E-state index in [1.807, 2.05) is 60.7 Å². The highest BCUT2D eigenvalue weighted by Gasteiger charge is 2.16. The van der Waals surface area contributed by atoms with Gasteiger partial charge in [-0.2, -0.15) is 0 Å². The monoisotopic (exact) mass is 596 g/mol. The molecule has 210 valence electrons. The van der Waals surface area contributed by atoms with Crippen molar-refractivity contribution >= 4 is 53.1 Å². The molecule has 0 atom stereocenters. The van der Waals surface area contributed by atoms with Crippen LogP contribution >= 0.6 is 11.3 Å². The van der Waals surface area contributed by atoms with Crippen LogP contribution in [0.2, 0.25) is 0 Å². The first-order valence-electron chi connectivity index (χ1n) is 17.1. The van der Waals surface area contributed by atoms with Gasteiger partial charge in [-0.25, -0.2) is 15.0 Å². The average molecular weight is 597 g/mol. The molecule has 0 bridgehead atoms. The predicted molar refractivity (Wildman–Crippen MR) is 189 cm³/mol. The van der Waals surface area contributed by atoms with E-state index in [-0.39, 0.29) is 29.7 Å². The van der Waals surface area contributed by atoms with Crippen molar-refractivity contribution in [3.8, 4) is 45.3 Å². The van der Waals surface area contributed by atoms with Gasteiger partial charge in [-0.3, -0.25) is 0 Å². The van der Waals surface area contributed by atoms with Crippen LogP contribution in [0.15, 0.2) is 152 Å². The molecule has 2 heterocycles. The van der Waals surface area contributed by atoms with Crippen LogP contribution in [0.3, 0.4) is 0 Å². The molecule has 9 aromatic rings. The van der Waals surface area contributed by atoms with E-state index in [1.54, 1.807) is 0 Å². The van der Waals surface area contributed by atoms with Gasteiger partial charge in [0.15, 0.2) is 17.5 Å². The van der Waals surface area contributed by atoms with E-state index >= 15 is 0 Å². The lowest BCUT2D eigenvalue weighted by atomic mass is 10.00. The quantitative estimate of drug-likeness (QED) is 0.190. The van der Waals surface area contributed by atoms with E-state index < -0.39 is 6.04 Å². The molecule has 4 heteroatoms. The first-order chi connectivity index (χ1) is 24.4. The Morgan fingerprint density at radius 2 is 1.09 bits per heavy atom. The van der Waals surface area contributed by atoms with Crippen molar-refractivity contribution in [2.24, 2.45) is 0 Å². The largest absolute Gasteiger partial charge is 0.208 e. The third-order valence-electron chi connectivity index (χ3n) is 8.20. The lowest BCUT2D eigenvalue weighted by Crippen LogP contribution is -2.00. The molecule has 0 N–H and O–H groups in total. The summed E-state index contributed by atoms with van der Waals surface area (Å²) in [6, 6.07) is 39.2. The summed E-state index contributed by atoms with van der Waals surface area (Å²) in [7, 11) is 0. The standard InChI is InChI=1S/C41H25N3S/c1-3-10-26(11-4-1)34-16-9-17-36-35-23-21-31(25-37(35)45-38(34)36)41-43-39(28-13-5-2-6-14-28)42-40(44-41)30-20-22-33-29(24-30)19-18-27-12-7-8-15-32(27)33/h1-25H/i1D,3D,4D,10D,11D. The average Bonchev–Trinajstić information content (AvgIpc) is 3.55. The molecule has 0 radical (unpaired) electrons. The highest BCUT2D eigenvalue weighted by Crippen LogP contribution is 2.41. The van der Waals surface area contributed by atoms with Crippen molar-refractivity contribution < 1.29 is 6.85 Å². The second kappa shape index (κ2) is 10.5. The van der Waals surface area contributed by atoms with Gasteiger partial charge >= 0.3 is 0 Å². The highest BCUT2D eigenvalue weighted by atomic mass is 32.1. The van der Waals surface area contributed by atoms with Crippen molar-refractivity contribution in [3.63, 3.8) is 0 Å². The fourth-order valence-electron chi connectivity index (χ4n) is 6.02. The third-order valence-corrected chi connectivity index (χ3v) is 9.40. The van der Waals surface area contributed by atoms with E-state index in [2.05, 4.69) is 60.7 Å². The van der Waals surface area contributed by atoms with Gasteiger partial charge in [-0.05, 0) is 44.8 Å². The van der Waals surface area contributed by atoms with E-state index in [0.29, 0.717) is 23.0 Å². The van der Waals surface area contributed by atoms with Gasteiger partial charge in [0.05, 0.1) is 6.85 Å². The number of fused-ring (bicyclic) bond motifs is 6. The Bertz CT molecular complexity index is 2810. The molecular weight excluding hydrogens is 567 g/mol. The van der Waals surface area contributed by atoms with E-state index in [1.165, 1.54) is 27.5 Å². The number of aromatic nitrogens is 3. The van der Waals surface area contributed by atoms with Crippen LogP contribution in [0.1, 0.15) is 6.85 Å². The maximum Gasteiger partial charge on any atom is 0.164 e. The Kier molecular flexibility index (Phi) is 4.90. The van der Waals surface area contributed by atoms with Crippen LogP contribution < -0.4 is 0 Å². The third kappa shape index (κ3) is 4.46. The molecule has 0 amide bonds. The topological polar surface area (TPSA) is 38.7 Å². The summed E-state index contributed by atoms with van der Waals surface area (Å²) in [6.07, 6.45) is 0. The second-order valence-corrected chi connectivity index (χ2v) is 11.9. The van der Waals surface area contributed by atoms with Crippen LogP contribution in [0, 0.1) is 0 Å². The van der Waals surface area contributed by atoms with Crippen LogP contribution in [-0.2, 0) is 0 Å². The normalized spacial score (nSPS) is 13.1. The fraction of sp³-hybridized carbons (Fsp3) is 0. The predicted octanol–water partition coefficient (Wildman–Crippen LogP) is 11.2. The number of hydrogen-bond acceptors (Lipinski definition) is 4. The van der Waals surface area contributed by atoms with E-state index in [0.717, 1.165) is 42.2 Å². The van der Waals surface area contributed by atoms with Crippen LogP contribution in [-0.4, -0.2) is 15.0 Å². The molecule has 2 aromatic heterocycles. The zero-order valence-electron chi connectivity index (χ0n) is 28.8. The minimum Gasteiger partial charge on any atom is -0.208 e. The fourth-order valence-corrected chi connectivity index (χ4v) is 7.28. The molecule has 0 saturated carbocycles. The van der Waals surface area contributed by atoms with E-state index in [4.69, 9.17) is 21.8 Å². The lowest BCUT2D eigenvalue weighted by molar-refractivity contribution is 1.08. The minimum absolute atomic E-state index is 0.200. The number of rotatable bonds is 4. The van der Waals surface area contributed by atoms with Gasteiger partial charge in [0.2, 0.25) is 0 Å². The van der Waals surface area contributed by atoms with Crippen LogP contribution in [0.5, 0.6) is 0 Å². The Balaban J connectivity index is 1.21.